The van der Waals surface area contributed by atoms with Crippen LogP contribution in [-0.2, 0) is 0 Å². The van der Waals surface area contributed by atoms with Gasteiger partial charge in [-0.1, -0.05) is 115 Å². The van der Waals surface area contributed by atoms with Gasteiger partial charge in [0.1, 0.15) is 5.58 Å². The first-order chi connectivity index (χ1) is 24.3. The summed E-state index contributed by atoms with van der Waals surface area (Å²) in [5.74, 6) is 0. The SMILES string of the molecule is c1ccc2cc(-c3ccc(N(c4ccc(-n5c6ccccc6c6ccccc65)cc4)c4cccc5c4oc4ccccc45)cc3)ccc2c1. The third-order valence-electron chi connectivity index (χ3n) is 9.78. The normalized spacial score (nSPS) is 11.7. The lowest BCUT2D eigenvalue weighted by molar-refractivity contribution is 0.669. The molecule has 0 bridgehead atoms. The number of para-hydroxylation sites is 4. The molecule has 0 spiro atoms. The first kappa shape index (κ1) is 27.5. The minimum atomic E-state index is 0.869. The molecule has 0 N–H and O–H groups in total. The van der Waals surface area contributed by atoms with Gasteiger partial charge in [-0.3, -0.25) is 0 Å². The van der Waals surface area contributed by atoms with Gasteiger partial charge in [-0.05, 0) is 88.6 Å². The molecule has 0 unspecified atom stereocenters. The summed E-state index contributed by atoms with van der Waals surface area (Å²) in [5, 5.41) is 7.22. The van der Waals surface area contributed by atoms with E-state index in [-0.39, 0.29) is 0 Å². The fourth-order valence-electron chi connectivity index (χ4n) is 7.46. The lowest BCUT2D eigenvalue weighted by Gasteiger charge is -2.26. The van der Waals surface area contributed by atoms with Crippen LogP contribution in [-0.4, -0.2) is 4.57 Å². The molecule has 49 heavy (non-hydrogen) atoms. The van der Waals surface area contributed by atoms with Crippen molar-refractivity contribution in [3.63, 3.8) is 0 Å². The van der Waals surface area contributed by atoms with Crippen LogP contribution in [0.15, 0.2) is 186 Å². The number of rotatable bonds is 5. The molecule has 3 heteroatoms. The average molecular weight is 627 g/mol. The molecule has 0 aliphatic heterocycles. The van der Waals surface area contributed by atoms with E-state index in [1.54, 1.807) is 0 Å². The van der Waals surface area contributed by atoms with E-state index in [1.807, 2.05) is 12.1 Å². The Morgan fingerprint density at radius 1 is 0.408 bits per heavy atom. The van der Waals surface area contributed by atoms with Crippen LogP contribution in [0.2, 0.25) is 0 Å². The fourth-order valence-corrected chi connectivity index (χ4v) is 7.46. The minimum absolute atomic E-state index is 0.869. The van der Waals surface area contributed by atoms with Crippen molar-refractivity contribution in [2.75, 3.05) is 4.90 Å². The molecule has 3 nitrogen and oxygen atoms in total. The summed E-state index contributed by atoms with van der Waals surface area (Å²) >= 11 is 0. The van der Waals surface area contributed by atoms with Gasteiger partial charge in [0.2, 0.25) is 0 Å². The van der Waals surface area contributed by atoms with Gasteiger partial charge < -0.3 is 13.9 Å². The van der Waals surface area contributed by atoms with Crippen LogP contribution in [0.3, 0.4) is 0 Å². The van der Waals surface area contributed by atoms with Crippen LogP contribution in [0.1, 0.15) is 0 Å². The Bertz CT molecular complexity index is 2770. The predicted octanol–water partition coefficient (Wildman–Crippen LogP) is 13.0. The molecule has 2 aromatic heterocycles. The summed E-state index contributed by atoms with van der Waals surface area (Å²) < 4.78 is 8.93. The van der Waals surface area contributed by atoms with Crippen LogP contribution in [0, 0.1) is 0 Å². The second-order valence-corrected chi connectivity index (χ2v) is 12.6. The van der Waals surface area contributed by atoms with Crippen molar-refractivity contribution >= 4 is 71.6 Å². The van der Waals surface area contributed by atoms with Crippen LogP contribution in [0.5, 0.6) is 0 Å². The Labute approximate surface area is 283 Å². The van der Waals surface area contributed by atoms with Crippen molar-refractivity contribution in [3.8, 4) is 16.8 Å². The smallest absolute Gasteiger partial charge is 0.159 e. The highest BCUT2D eigenvalue weighted by atomic mass is 16.3. The van der Waals surface area contributed by atoms with E-state index in [4.69, 9.17) is 4.42 Å². The molecule has 0 radical (unpaired) electrons. The predicted molar refractivity (Wildman–Crippen MR) is 206 cm³/mol. The zero-order valence-corrected chi connectivity index (χ0v) is 26.6. The number of hydrogen-bond donors (Lipinski definition) is 0. The van der Waals surface area contributed by atoms with Crippen molar-refractivity contribution in [2.24, 2.45) is 0 Å². The number of anilines is 3. The lowest BCUT2D eigenvalue weighted by Crippen LogP contribution is -2.10. The quantitative estimate of drug-likeness (QED) is 0.190. The fraction of sp³-hybridized carbons (Fsp3) is 0. The number of fused-ring (bicyclic) bond motifs is 7. The molecule has 8 aromatic carbocycles. The summed E-state index contributed by atoms with van der Waals surface area (Å²) in [7, 11) is 0. The first-order valence-corrected chi connectivity index (χ1v) is 16.7. The van der Waals surface area contributed by atoms with Crippen molar-refractivity contribution in [1.82, 2.24) is 4.57 Å². The summed E-state index contributed by atoms with van der Waals surface area (Å²) in [6.07, 6.45) is 0. The molecule has 0 saturated heterocycles. The Balaban J connectivity index is 1.13. The molecule has 230 valence electrons. The van der Waals surface area contributed by atoms with Crippen LogP contribution < -0.4 is 4.90 Å². The summed E-state index contributed by atoms with van der Waals surface area (Å²) in [5.41, 5.74) is 10.8. The Kier molecular flexibility index (Phi) is 6.18. The molecule has 0 aliphatic carbocycles. The van der Waals surface area contributed by atoms with Crippen molar-refractivity contribution in [1.29, 1.82) is 0 Å². The molecule has 0 amide bonds. The highest BCUT2D eigenvalue weighted by Crippen LogP contribution is 2.43. The second-order valence-electron chi connectivity index (χ2n) is 12.6. The van der Waals surface area contributed by atoms with E-state index in [0.717, 1.165) is 44.7 Å². The highest BCUT2D eigenvalue weighted by Gasteiger charge is 2.20. The van der Waals surface area contributed by atoms with Gasteiger partial charge in [0.25, 0.3) is 0 Å². The summed E-state index contributed by atoms with van der Waals surface area (Å²) in [6, 6.07) is 64.9. The second kappa shape index (κ2) is 11.0. The molecule has 0 saturated carbocycles. The highest BCUT2D eigenvalue weighted by molar-refractivity contribution is 6.11. The maximum Gasteiger partial charge on any atom is 0.159 e. The van der Waals surface area contributed by atoms with Gasteiger partial charge in [0.15, 0.2) is 5.58 Å². The van der Waals surface area contributed by atoms with E-state index in [9.17, 15) is 0 Å². The zero-order valence-electron chi connectivity index (χ0n) is 26.6. The topological polar surface area (TPSA) is 21.3 Å². The van der Waals surface area contributed by atoms with Gasteiger partial charge in [0.05, 0.1) is 16.7 Å². The summed E-state index contributed by atoms with van der Waals surface area (Å²) in [6.45, 7) is 0. The van der Waals surface area contributed by atoms with Crippen molar-refractivity contribution in [3.05, 3.63) is 182 Å². The van der Waals surface area contributed by atoms with Crippen molar-refractivity contribution in [2.45, 2.75) is 0 Å². The van der Waals surface area contributed by atoms with E-state index in [1.165, 1.54) is 43.7 Å². The Morgan fingerprint density at radius 2 is 0.980 bits per heavy atom. The van der Waals surface area contributed by atoms with Crippen molar-refractivity contribution < 1.29 is 4.42 Å². The van der Waals surface area contributed by atoms with E-state index >= 15 is 0 Å². The van der Waals surface area contributed by atoms with Gasteiger partial charge in [-0.2, -0.15) is 0 Å². The minimum Gasteiger partial charge on any atom is -0.454 e. The van der Waals surface area contributed by atoms with Gasteiger partial charge >= 0.3 is 0 Å². The molecule has 10 rings (SSSR count). The van der Waals surface area contributed by atoms with Crippen LogP contribution in [0.25, 0.3) is 71.3 Å². The molecular weight excluding hydrogens is 597 g/mol. The van der Waals surface area contributed by atoms with Crippen LogP contribution in [0.4, 0.5) is 17.1 Å². The number of benzene rings is 8. The standard InChI is InChI=1S/C46H30N2O/c1-2-11-33-30-34(21-20-31(33)10-1)32-22-24-35(25-23-32)47(44-18-9-15-41-40-14-5-8-19-45(40)49-46(41)44)36-26-28-37(29-27-36)48-42-16-6-3-12-38(42)39-13-4-7-17-43(39)48/h1-30H. The molecule has 0 atom stereocenters. The third-order valence-corrected chi connectivity index (χ3v) is 9.78. The molecular formula is C46H30N2O. The Morgan fingerprint density at radius 3 is 1.71 bits per heavy atom. The number of furan rings is 1. The number of nitrogens with zero attached hydrogens (tertiary/aromatic N) is 2. The van der Waals surface area contributed by atoms with Gasteiger partial charge in [0, 0.05) is 38.6 Å². The van der Waals surface area contributed by atoms with Gasteiger partial charge in [-0.15, -0.1) is 0 Å². The molecule has 10 aromatic rings. The van der Waals surface area contributed by atoms with Gasteiger partial charge in [-0.25, -0.2) is 0 Å². The zero-order chi connectivity index (χ0) is 32.3. The molecule has 0 fully saturated rings. The average Bonchev–Trinajstić information content (AvgIpc) is 3.72. The maximum atomic E-state index is 6.57. The maximum absolute atomic E-state index is 6.57. The third kappa shape index (κ3) is 4.44. The number of aromatic nitrogens is 1. The van der Waals surface area contributed by atoms with Crippen LogP contribution >= 0.6 is 0 Å². The first-order valence-electron chi connectivity index (χ1n) is 16.7. The Hall–Kier alpha value is -6.58. The molecule has 2 heterocycles. The summed E-state index contributed by atoms with van der Waals surface area (Å²) in [4.78, 5) is 2.31. The largest absolute Gasteiger partial charge is 0.454 e. The monoisotopic (exact) mass is 626 g/mol. The number of hydrogen-bond acceptors (Lipinski definition) is 2. The van der Waals surface area contributed by atoms with E-state index in [2.05, 4.69) is 179 Å². The lowest BCUT2D eigenvalue weighted by atomic mass is 10.0. The molecule has 0 aliphatic rings. The van der Waals surface area contributed by atoms with E-state index < -0.39 is 0 Å². The van der Waals surface area contributed by atoms with E-state index in [0.29, 0.717) is 0 Å².